The summed E-state index contributed by atoms with van der Waals surface area (Å²) < 4.78 is 0. The van der Waals surface area contributed by atoms with Gasteiger partial charge in [0.05, 0.1) is 16.1 Å². The van der Waals surface area contributed by atoms with Gasteiger partial charge in [0.25, 0.3) is 0 Å². The van der Waals surface area contributed by atoms with Gasteiger partial charge in [0, 0.05) is 12.4 Å². The smallest absolute Gasteiger partial charge is 0.153 e. The summed E-state index contributed by atoms with van der Waals surface area (Å²) in [6, 6.07) is 0. The number of aromatic nitrogens is 2. The third-order valence-electron chi connectivity index (χ3n) is 3.03. The van der Waals surface area contributed by atoms with E-state index in [9.17, 15) is 0 Å². The van der Waals surface area contributed by atoms with Crippen LogP contribution in [0.2, 0.25) is 0 Å². The van der Waals surface area contributed by atoms with Gasteiger partial charge in [-0.2, -0.15) is 0 Å². The Kier molecular flexibility index (Phi) is 2.23. The van der Waals surface area contributed by atoms with Crippen LogP contribution in [0.15, 0.2) is 12.4 Å². The third kappa shape index (κ3) is 1.07. The van der Waals surface area contributed by atoms with Crippen molar-refractivity contribution in [1.29, 1.82) is 0 Å². The van der Waals surface area contributed by atoms with Crippen molar-refractivity contribution < 1.29 is 0 Å². The van der Waals surface area contributed by atoms with Gasteiger partial charge in [-0.25, -0.2) is 4.98 Å². The van der Waals surface area contributed by atoms with Crippen LogP contribution < -0.4 is 5.32 Å². The van der Waals surface area contributed by atoms with Gasteiger partial charge in [-0.05, 0) is 12.8 Å². The second kappa shape index (κ2) is 3.28. The summed E-state index contributed by atoms with van der Waals surface area (Å²) >= 11 is 5.36. The van der Waals surface area contributed by atoms with Gasteiger partial charge < -0.3 is 5.32 Å². The van der Waals surface area contributed by atoms with Gasteiger partial charge in [-0.3, -0.25) is 4.98 Å². The molecule has 14 heavy (non-hydrogen) atoms. The van der Waals surface area contributed by atoms with Gasteiger partial charge in [0.1, 0.15) is 0 Å². The zero-order chi connectivity index (χ0) is 10.2. The number of hydrogen-bond acceptors (Lipinski definition) is 3. The number of nitrogens with one attached hydrogen (secondary N) is 1. The molecule has 1 aliphatic rings. The Balaban J connectivity index is 2.58. The Bertz CT molecular complexity index is 371. The molecule has 0 saturated heterocycles. The van der Waals surface area contributed by atoms with E-state index in [4.69, 9.17) is 12.2 Å². The molecule has 0 aromatic carbocycles. The molecular formula is C10H13N3S. The molecule has 2 heterocycles. The Morgan fingerprint density at radius 1 is 1.29 bits per heavy atom. The van der Waals surface area contributed by atoms with Crippen LogP contribution in [-0.2, 0) is 5.41 Å². The molecular weight excluding hydrogens is 194 g/mol. The van der Waals surface area contributed by atoms with Gasteiger partial charge in [-0.1, -0.05) is 26.1 Å². The molecule has 0 amide bonds. The number of thiocarbonyl (C=S) groups is 1. The quantitative estimate of drug-likeness (QED) is 0.755. The summed E-state index contributed by atoms with van der Waals surface area (Å²) in [5.41, 5.74) is 0.925. The maximum Gasteiger partial charge on any atom is 0.153 e. The van der Waals surface area contributed by atoms with Crippen molar-refractivity contribution in [3.8, 4) is 0 Å². The summed E-state index contributed by atoms with van der Waals surface area (Å²) in [5.74, 6) is 0.834. The number of anilines is 1. The van der Waals surface area contributed by atoms with Crippen LogP contribution in [0.1, 0.15) is 32.4 Å². The van der Waals surface area contributed by atoms with E-state index in [-0.39, 0.29) is 5.41 Å². The Hall–Kier alpha value is -1.03. The van der Waals surface area contributed by atoms with E-state index >= 15 is 0 Å². The molecule has 0 spiro atoms. The minimum Gasteiger partial charge on any atom is -0.332 e. The van der Waals surface area contributed by atoms with E-state index in [2.05, 4.69) is 29.1 Å². The molecule has 0 bridgehead atoms. The fourth-order valence-electron chi connectivity index (χ4n) is 2.02. The molecule has 74 valence electrons. The largest absolute Gasteiger partial charge is 0.332 e. The average molecular weight is 207 g/mol. The summed E-state index contributed by atoms with van der Waals surface area (Å²) in [6.45, 7) is 4.28. The first-order chi connectivity index (χ1) is 6.74. The average Bonchev–Trinajstić information content (AvgIpc) is 2.50. The zero-order valence-electron chi connectivity index (χ0n) is 8.37. The molecule has 0 aliphatic carbocycles. The van der Waals surface area contributed by atoms with Crippen LogP contribution in [0.25, 0.3) is 0 Å². The van der Waals surface area contributed by atoms with Crippen molar-refractivity contribution in [3.63, 3.8) is 0 Å². The highest BCUT2D eigenvalue weighted by molar-refractivity contribution is 7.80. The molecule has 0 radical (unpaired) electrons. The van der Waals surface area contributed by atoms with Crippen LogP contribution in [0.5, 0.6) is 0 Å². The summed E-state index contributed by atoms with van der Waals surface area (Å²) in [4.78, 5) is 9.50. The molecule has 0 fully saturated rings. The molecule has 3 nitrogen and oxygen atoms in total. The van der Waals surface area contributed by atoms with E-state index in [0.717, 1.165) is 29.3 Å². The van der Waals surface area contributed by atoms with Crippen molar-refractivity contribution in [3.05, 3.63) is 18.1 Å². The summed E-state index contributed by atoms with van der Waals surface area (Å²) in [6.07, 6.45) is 5.37. The Morgan fingerprint density at radius 3 is 2.57 bits per heavy atom. The fraction of sp³-hybridized carbons (Fsp3) is 0.500. The van der Waals surface area contributed by atoms with Gasteiger partial charge in [-0.15, -0.1) is 0 Å². The monoisotopic (exact) mass is 207 g/mol. The van der Waals surface area contributed by atoms with Crippen molar-refractivity contribution in [2.45, 2.75) is 32.1 Å². The SMILES string of the molecule is CCC1(CC)C(=S)Nc2nccnc21. The first-order valence-corrected chi connectivity index (χ1v) is 5.28. The molecule has 1 aromatic rings. The fourth-order valence-corrected chi connectivity index (χ4v) is 2.50. The topological polar surface area (TPSA) is 37.8 Å². The summed E-state index contributed by atoms with van der Waals surface area (Å²) in [5, 5.41) is 3.15. The highest BCUT2D eigenvalue weighted by atomic mass is 32.1. The van der Waals surface area contributed by atoms with Crippen molar-refractivity contribution >= 4 is 23.0 Å². The Morgan fingerprint density at radius 2 is 1.93 bits per heavy atom. The van der Waals surface area contributed by atoms with Crippen LogP contribution in [0.3, 0.4) is 0 Å². The van der Waals surface area contributed by atoms with Crippen molar-refractivity contribution in [1.82, 2.24) is 9.97 Å². The lowest BCUT2D eigenvalue weighted by atomic mass is 9.81. The lowest BCUT2D eigenvalue weighted by Crippen LogP contribution is -2.32. The van der Waals surface area contributed by atoms with Gasteiger partial charge in [0.2, 0.25) is 0 Å². The first-order valence-electron chi connectivity index (χ1n) is 4.87. The van der Waals surface area contributed by atoms with Crippen LogP contribution in [-0.4, -0.2) is 15.0 Å². The van der Waals surface area contributed by atoms with E-state index in [1.54, 1.807) is 12.4 Å². The minimum atomic E-state index is -0.0844. The molecule has 1 N–H and O–H groups in total. The minimum absolute atomic E-state index is 0.0844. The highest BCUT2D eigenvalue weighted by Gasteiger charge is 2.42. The Labute approximate surface area is 89.0 Å². The number of nitrogens with zero attached hydrogens (tertiary/aromatic N) is 2. The van der Waals surface area contributed by atoms with Crippen molar-refractivity contribution in [2.24, 2.45) is 0 Å². The predicted octanol–water partition coefficient (Wildman–Crippen LogP) is 2.29. The maximum atomic E-state index is 5.36. The molecule has 0 atom stereocenters. The molecule has 2 rings (SSSR count). The lowest BCUT2D eigenvalue weighted by Gasteiger charge is -2.24. The number of rotatable bonds is 2. The molecule has 0 unspecified atom stereocenters. The molecule has 0 saturated carbocycles. The molecule has 1 aromatic heterocycles. The normalized spacial score (nSPS) is 17.7. The zero-order valence-corrected chi connectivity index (χ0v) is 9.19. The van der Waals surface area contributed by atoms with E-state index in [1.165, 1.54) is 0 Å². The highest BCUT2D eigenvalue weighted by Crippen LogP contribution is 2.40. The van der Waals surface area contributed by atoms with Crippen LogP contribution in [0.4, 0.5) is 5.82 Å². The summed E-state index contributed by atoms with van der Waals surface area (Å²) in [7, 11) is 0. The van der Waals surface area contributed by atoms with Crippen LogP contribution >= 0.6 is 12.2 Å². The second-order valence-electron chi connectivity index (χ2n) is 3.50. The number of fused-ring (bicyclic) bond motifs is 1. The third-order valence-corrected chi connectivity index (χ3v) is 3.52. The van der Waals surface area contributed by atoms with Gasteiger partial charge in [0.15, 0.2) is 5.82 Å². The van der Waals surface area contributed by atoms with E-state index in [1.807, 2.05) is 0 Å². The van der Waals surface area contributed by atoms with Crippen LogP contribution in [0, 0.1) is 0 Å². The first kappa shape index (κ1) is 9.52. The van der Waals surface area contributed by atoms with E-state index < -0.39 is 0 Å². The number of hydrogen-bond donors (Lipinski definition) is 1. The predicted molar refractivity (Wildman–Crippen MR) is 60.5 cm³/mol. The standard InChI is InChI=1S/C10H13N3S/c1-3-10(4-2)7-8(13-9(10)14)12-6-5-11-7/h5-6H,3-4H2,1-2H3,(H,12,13,14). The van der Waals surface area contributed by atoms with E-state index in [0.29, 0.717) is 0 Å². The second-order valence-corrected chi connectivity index (χ2v) is 3.91. The maximum absolute atomic E-state index is 5.36. The molecule has 4 heteroatoms. The lowest BCUT2D eigenvalue weighted by molar-refractivity contribution is 0.535. The van der Waals surface area contributed by atoms with Gasteiger partial charge >= 0.3 is 0 Å². The van der Waals surface area contributed by atoms with Crippen molar-refractivity contribution in [2.75, 3.05) is 5.32 Å². The molecule has 1 aliphatic heterocycles.